The molecule has 0 spiro atoms. The smallest absolute Gasteiger partial charge is 0.164 e. The Morgan fingerprint density at radius 3 is 1.83 bits per heavy atom. The van der Waals surface area contributed by atoms with Gasteiger partial charge in [-0.3, -0.25) is 0 Å². The summed E-state index contributed by atoms with van der Waals surface area (Å²) in [6.45, 7) is 1.34. The normalized spacial score (nSPS) is 9.83. The van der Waals surface area contributed by atoms with Crippen LogP contribution in [-0.4, -0.2) is 28.4 Å². The maximum atomic E-state index is 5.43. The number of ether oxygens (including phenoxy) is 4. The molecular formula is C18H24ClNO4. The van der Waals surface area contributed by atoms with Gasteiger partial charge in [-0.25, -0.2) is 0 Å². The lowest BCUT2D eigenvalue weighted by atomic mass is 10.1. The van der Waals surface area contributed by atoms with Crippen molar-refractivity contribution in [2.24, 2.45) is 0 Å². The highest BCUT2D eigenvalue weighted by Gasteiger charge is 2.11. The van der Waals surface area contributed by atoms with Crippen molar-refractivity contribution in [2.75, 3.05) is 28.4 Å². The van der Waals surface area contributed by atoms with Crippen LogP contribution in [0.1, 0.15) is 11.1 Å². The molecule has 24 heavy (non-hydrogen) atoms. The van der Waals surface area contributed by atoms with Crippen LogP contribution in [0.5, 0.6) is 23.0 Å². The van der Waals surface area contributed by atoms with Crippen LogP contribution >= 0.6 is 12.4 Å². The molecule has 0 aliphatic heterocycles. The van der Waals surface area contributed by atoms with Gasteiger partial charge in [-0.05, 0) is 12.1 Å². The lowest BCUT2D eigenvalue weighted by Gasteiger charge is -2.15. The molecule has 0 aliphatic rings. The molecule has 0 saturated carbocycles. The zero-order chi connectivity index (χ0) is 16.7. The summed E-state index contributed by atoms with van der Waals surface area (Å²) in [5.41, 5.74) is 2.11. The fraction of sp³-hybridized carbons (Fsp3) is 0.333. The minimum Gasteiger partial charge on any atom is -0.496 e. The quantitative estimate of drug-likeness (QED) is 0.787. The van der Waals surface area contributed by atoms with Gasteiger partial charge in [-0.2, -0.15) is 0 Å². The van der Waals surface area contributed by atoms with Gasteiger partial charge < -0.3 is 24.3 Å². The van der Waals surface area contributed by atoms with Crippen molar-refractivity contribution in [3.05, 3.63) is 47.5 Å². The van der Waals surface area contributed by atoms with E-state index in [1.54, 1.807) is 28.4 Å². The second-order valence-corrected chi connectivity index (χ2v) is 4.93. The van der Waals surface area contributed by atoms with Gasteiger partial charge in [-0.15, -0.1) is 12.4 Å². The highest BCUT2D eigenvalue weighted by atomic mass is 35.5. The van der Waals surface area contributed by atoms with E-state index in [1.165, 1.54) is 0 Å². The molecule has 2 aromatic rings. The van der Waals surface area contributed by atoms with Crippen LogP contribution in [0.2, 0.25) is 0 Å². The number of methoxy groups -OCH3 is 4. The molecule has 0 radical (unpaired) electrons. The molecule has 0 aromatic heterocycles. The third-order valence-corrected chi connectivity index (χ3v) is 3.61. The molecule has 0 saturated heterocycles. The summed E-state index contributed by atoms with van der Waals surface area (Å²) in [6, 6.07) is 11.7. The zero-order valence-corrected chi connectivity index (χ0v) is 15.2. The molecule has 0 bridgehead atoms. The van der Waals surface area contributed by atoms with E-state index in [0.717, 1.165) is 22.6 Å². The Bertz CT molecular complexity index is 649. The van der Waals surface area contributed by atoms with Crippen LogP contribution in [-0.2, 0) is 13.1 Å². The third-order valence-electron chi connectivity index (χ3n) is 3.61. The lowest BCUT2D eigenvalue weighted by Crippen LogP contribution is -2.14. The summed E-state index contributed by atoms with van der Waals surface area (Å²) >= 11 is 0. The number of para-hydroxylation sites is 1. The predicted molar refractivity (Wildman–Crippen MR) is 96.9 cm³/mol. The number of hydrogen-bond donors (Lipinski definition) is 1. The van der Waals surface area contributed by atoms with Crippen LogP contribution in [0, 0.1) is 0 Å². The second kappa shape index (κ2) is 9.90. The van der Waals surface area contributed by atoms with E-state index in [4.69, 9.17) is 18.9 Å². The van der Waals surface area contributed by atoms with Gasteiger partial charge in [0.05, 0.1) is 28.4 Å². The summed E-state index contributed by atoms with van der Waals surface area (Å²) in [4.78, 5) is 0. The number of benzene rings is 2. The van der Waals surface area contributed by atoms with Crippen molar-refractivity contribution >= 4 is 12.4 Å². The predicted octanol–water partition coefficient (Wildman–Crippen LogP) is 3.43. The SMILES string of the molecule is COc1ccccc1CNCc1cc(OC)c(OC)cc1OC.Cl. The Kier molecular flexibility index (Phi) is 8.22. The molecule has 6 heteroatoms. The minimum absolute atomic E-state index is 0. The van der Waals surface area contributed by atoms with Gasteiger partial charge in [-0.1, -0.05) is 18.2 Å². The Labute approximate surface area is 149 Å². The first-order valence-corrected chi connectivity index (χ1v) is 7.35. The molecule has 2 rings (SSSR count). The van der Waals surface area contributed by atoms with E-state index in [9.17, 15) is 0 Å². The monoisotopic (exact) mass is 353 g/mol. The van der Waals surface area contributed by atoms with Gasteiger partial charge in [0, 0.05) is 30.3 Å². The number of nitrogens with one attached hydrogen (secondary N) is 1. The Morgan fingerprint density at radius 2 is 1.21 bits per heavy atom. The van der Waals surface area contributed by atoms with E-state index >= 15 is 0 Å². The Morgan fingerprint density at radius 1 is 0.667 bits per heavy atom. The van der Waals surface area contributed by atoms with Crippen molar-refractivity contribution in [2.45, 2.75) is 13.1 Å². The molecular weight excluding hydrogens is 330 g/mol. The highest BCUT2D eigenvalue weighted by molar-refractivity contribution is 5.85. The van der Waals surface area contributed by atoms with E-state index in [-0.39, 0.29) is 12.4 Å². The summed E-state index contributed by atoms with van der Waals surface area (Å²) < 4.78 is 21.4. The summed E-state index contributed by atoms with van der Waals surface area (Å²) in [7, 11) is 6.55. The van der Waals surface area contributed by atoms with Gasteiger partial charge >= 0.3 is 0 Å². The fourth-order valence-corrected chi connectivity index (χ4v) is 2.41. The molecule has 0 heterocycles. The molecule has 132 valence electrons. The first-order valence-electron chi connectivity index (χ1n) is 7.35. The maximum Gasteiger partial charge on any atom is 0.164 e. The zero-order valence-electron chi connectivity index (χ0n) is 14.4. The van der Waals surface area contributed by atoms with E-state index in [0.29, 0.717) is 24.6 Å². The van der Waals surface area contributed by atoms with E-state index < -0.39 is 0 Å². The van der Waals surface area contributed by atoms with Crippen molar-refractivity contribution in [1.29, 1.82) is 0 Å². The number of hydrogen-bond acceptors (Lipinski definition) is 5. The van der Waals surface area contributed by atoms with Crippen LogP contribution in [0.25, 0.3) is 0 Å². The molecule has 0 atom stereocenters. The number of halogens is 1. The second-order valence-electron chi connectivity index (χ2n) is 4.93. The average molecular weight is 354 g/mol. The first-order chi connectivity index (χ1) is 11.2. The molecule has 5 nitrogen and oxygen atoms in total. The Hall–Kier alpha value is -2.11. The van der Waals surface area contributed by atoms with Crippen molar-refractivity contribution in [1.82, 2.24) is 5.32 Å². The highest BCUT2D eigenvalue weighted by Crippen LogP contribution is 2.34. The van der Waals surface area contributed by atoms with Gasteiger partial charge in [0.25, 0.3) is 0 Å². The van der Waals surface area contributed by atoms with E-state index in [2.05, 4.69) is 5.32 Å². The molecule has 0 aliphatic carbocycles. The fourth-order valence-electron chi connectivity index (χ4n) is 2.41. The topological polar surface area (TPSA) is 49.0 Å². The standard InChI is InChI=1S/C18H23NO4.ClH/c1-20-15-8-6-5-7-13(15)11-19-12-14-9-17(22-3)18(23-4)10-16(14)21-2;/h5-10,19H,11-12H2,1-4H3;1H. The van der Waals surface area contributed by atoms with Gasteiger partial charge in [0.2, 0.25) is 0 Å². The Balaban J connectivity index is 0.00000288. The van der Waals surface area contributed by atoms with Crippen LogP contribution in [0.4, 0.5) is 0 Å². The lowest BCUT2D eigenvalue weighted by molar-refractivity contribution is 0.347. The van der Waals surface area contributed by atoms with Crippen LogP contribution < -0.4 is 24.3 Å². The average Bonchev–Trinajstić information content (AvgIpc) is 2.61. The van der Waals surface area contributed by atoms with Crippen molar-refractivity contribution < 1.29 is 18.9 Å². The van der Waals surface area contributed by atoms with Crippen LogP contribution in [0.3, 0.4) is 0 Å². The molecule has 0 amide bonds. The maximum absolute atomic E-state index is 5.43. The largest absolute Gasteiger partial charge is 0.496 e. The first kappa shape index (κ1) is 19.9. The minimum atomic E-state index is 0. The summed E-state index contributed by atoms with van der Waals surface area (Å²) in [5.74, 6) is 2.97. The van der Waals surface area contributed by atoms with Gasteiger partial charge in [0.1, 0.15) is 11.5 Å². The van der Waals surface area contributed by atoms with Crippen LogP contribution in [0.15, 0.2) is 36.4 Å². The summed E-state index contributed by atoms with van der Waals surface area (Å²) in [6.07, 6.45) is 0. The third kappa shape index (κ3) is 4.69. The molecule has 1 N–H and O–H groups in total. The van der Waals surface area contributed by atoms with Crippen molar-refractivity contribution in [3.8, 4) is 23.0 Å². The molecule has 2 aromatic carbocycles. The van der Waals surface area contributed by atoms with E-state index in [1.807, 2.05) is 36.4 Å². The summed E-state index contributed by atoms with van der Waals surface area (Å²) in [5, 5.41) is 3.40. The number of rotatable bonds is 8. The molecule has 0 fully saturated rings. The van der Waals surface area contributed by atoms with Gasteiger partial charge in [0.15, 0.2) is 11.5 Å². The van der Waals surface area contributed by atoms with Crippen molar-refractivity contribution in [3.63, 3.8) is 0 Å². The molecule has 0 unspecified atom stereocenters.